The SMILES string of the molecule is Cc1cnc(N[C@@H](c2ccc(Cl)cc2)c2ncc(Cl)cc2F)nc1.Cc1noc(-c2cnc(N[C@@H](c3ccc(Cl)cc3)c3ncc(Cl)cc3F)nc2)n1. The summed E-state index contributed by atoms with van der Waals surface area (Å²) < 4.78 is 34.1. The zero-order valence-electron chi connectivity index (χ0n) is 27.6. The van der Waals surface area contributed by atoms with E-state index in [2.05, 4.69) is 50.7 Å². The van der Waals surface area contributed by atoms with Gasteiger partial charge < -0.3 is 15.2 Å². The predicted octanol–water partition coefficient (Wildman–Crippen LogP) is 9.70. The average Bonchev–Trinajstić information content (AvgIpc) is 3.58. The minimum Gasteiger partial charge on any atom is -0.342 e. The van der Waals surface area contributed by atoms with Crippen molar-refractivity contribution in [3.63, 3.8) is 0 Å². The first kappa shape index (κ1) is 37.4. The van der Waals surface area contributed by atoms with Crippen LogP contribution < -0.4 is 10.6 Å². The van der Waals surface area contributed by atoms with Crippen LogP contribution in [0.15, 0.2) is 102 Å². The number of anilines is 2. The Labute approximate surface area is 321 Å². The van der Waals surface area contributed by atoms with E-state index in [1.54, 1.807) is 67.8 Å². The van der Waals surface area contributed by atoms with Gasteiger partial charge in [0.2, 0.25) is 11.9 Å². The lowest BCUT2D eigenvalue weighted by molar-refractivity contribution is 0.425. The van der Waals surface area contributed by atoms with E-state index in [1.165, 1.54) is 36.9 Å². The van der Waals surface area contributed by atoms with E-state index in [1.807, 2.05) is 6.92 Å². The molecule has 0 saturated carbocycles. The van der Waals surface area contributed by atoms with Crippen LogP contribution in [-0.2, 0) is 0 Å². The van der Waals surface area contributed by atoms with Gasteiger partial charge in [0, 0.05) is 47.2 Å². The highest BCUT2D eigenvalue weighted by atomic mass is 35.5. The number of pyridine rings is 2. The number of halogens is 6. The fourth-order valence-corrected chi connectivity index (χ4v) is 5.40. The molecule has 5 heterocycles. The van der Waals surface area contributed by atoms with Gasteiger partial charge in [0.1, 0.15) is 23.0 Å². The lowest BCUT2D eigenvalue weighted by Gasteiger charge is -2.19. The van der Waals surface area contributed by atoms with Crippen LogP contribution >= 0.6 is 46.4 Å². The third kappa shape index (κ3) is 9.76. The molecule has 0 bridgehead atoms. The topological polar surface area (TPSA) is 140 Å². The van der Waals surface area contributed by atoms with Crippen molar-refractivity contribution in [1.29, 1.82) is 0 Å². The fraction of sp³-hybridized carbons (Fsp3) is 0.111. The Morgan fingerprint density at radius 2 is 1.00 bits per heavy atom. The quantitative estimate of drug-likeness (QED) is 0.144. The zero-order chi connectivity index (χ0) is 37.5. The Kier molecular flexibility index (Phi) is 12.0. The van der Waals surface area contributed by atoms with Crippen molar-refractivity contribution in [3.05, 3.63) is 163 Å². The molecule has 0 amide bonds. The molecule has 0 unspecified atom stereocenters. The maximum Gasteiger partial charge on any atom is 0.261 e. The second-order valence-electron chi connectivity index (χ2n) is 11.3. The summed E-state index contributed by atoms with van der Waals surface area (Å²) in [5.74, 6) is 0.394. The molecule has 0 radical (unpaired) electrons. The van der Waals surface area contributed by atoms with Crippen molar-refractivity contribution in [2.24, 2.45) is 0 Å². The molecule has 5 aromatic heterocycles. The van der Waals surface area contributed by atoms with Crippen LogP contribution in [0.25, 0.3) is 11.5 Å². The number of rotatable bonds is 9. The lowest BCUT2D eigenvalue weighted by Crippen LogP contribution is -2.17. The fourth-order valence-electron chi connectivity index (χ4n) is 4.86. The number of aromatic nitrogens is 8. The van der Waals surface area contributed by atoms with Gasteiger partial charge in [0.25, 0.3) is 5.89 Å². The number of hydrogen-bond donors (Lipinski definition) is 2. The van der Waals surface area contributed by atoms with Crippen LogP contribution in [0, 0.1) is 25.5 Å². The second kappa shape index (κ2) is 17.0. The Hall–Kier alpha value is -5.34. The summed E-state index contributed by atoms with van der Waals surface area (Å²) in [4.78, 5) is 29.4. The highest BCUT2D eigenvalue weighted by molar-refractivity contribution is 6.31. The van der Waals surface area contributed by atoms with Crippen molar-refractivity contribution in [1.82, 2.24) is 40.0 Å². The zero-order valence-corrected chi connectivity index (χ0v) is 30.7. The molecule has 7 rings (SSSR count). The molecular weight excluding hydrogens is 768 g/mol. The standard InChI is InChI=1S/C19H13Cl2FN6O.C17H13Cl2FN4/c1-10-26-18(29-28-10)12-7-24-19(25-8-12)27-16(11-2-4-13(20)5-3-11)17-15(22)6-14(21)9-23-17;1-10-7-22-17(23-8-10)24-15(11-2-4-12(18)5-3-11)16-14(20)6-13(19)9-21-16/h2-9,16H,1H3,(H,24,25,27);2-9,15H,1H3,(H,22,23,24)/t16-;15-/m00/s1. The van der Waals surface area contributed by atoms with Crippen LogP contribution in [0.3, 0.4) is 0 Å². The summed E-state index contributed by atoms with van der Waals surface area (Å²) in [7, 11) is 0. The molecule has 53 heavy (non-hydrogen) atoms. The molecule has 2 aromatic carbocycles. The predicted molar refractivity (Wildman–Crippen MR) is 199 cm³/mol. The van der Waals surface area contributed by atoms with Crippen molar-refractivity contribution in [2.75, 3.05) is 10.6 Å². The molecule has 0 aliphatic carbocycles. The number of nitrogens with zero attached hydrogens (tertiary/aromatic N) is 8. The number of aryl methyl sites for hydroxylation is 2. The summed E-state index contributed by atoms with van der Waals surface area (Å²) in [5.41, 5.74) is 3.35. The maximum absolute atomic E-state index is 14.6. The average molecular weight is 794 g/mol. The second-order valence-corrected chi connectivity index (χ2v) is 13.1. The van der Waals surface area contributed by atoms with Crippen LogP contribution in [0.4, 0.5) is 20.7 Å². The van der Waals surface area contributed by atoms with Gasteiger partial charge in [-0.3, -0.25) is 9.97 Å². The van der Waals surface area contributed by atoms with Gasteiger partial charge in [0.05, 0.1) is 27.7 Å². The van der Waals surface area contributed by atoms with E-state index in [0.717, 1.165) is 16.7 Å². The van der Waals surface area contributed by atoms with E-state index in [-0.39, 0.29) is 27.4 Å². The number of benzene rings is 2. The molecular formula is C36H26Cl4F2N10O. The summed E-state index contributed by atoms with van der Waals surface area (Å²) in [6, 6.07) is 15.2. The van der Waals surface area contributed by atoms with Crippen molar-refractivity contribution >= 4 is 58.3 Å². The van der Waals surface area contributed by atoms with Crippen LogP contribution in [0.1, 0.15) is 46.0 Å². The molecule has 2 atom stereocenters. The Morgan fingerprint density at radius 1 is 0.566 bits per heavy atom. The molecule has 0 aliphatic heterocycles. The van der Waals surface area contributed by atoms with E-state index >= 15 is 0 Å². The van der Waals surface area contributed by atoms with Crippen molar-refractivity contribution in [3.8, 4) is 11.5 Å². The minimum atomic E-state index is -0.666. The minimum absolute atomic E-state index is 0.150. The van der Waals surface area contributed by atoms with E-state index in [4.69, 9.17) is 50.9 Å². The summed E-state index contributed by atoms with van der Waals surface area (Å²) >= 11 is 23.6. The molecule has 0 saturated heterocycles. The third-order valence-electron chi connectivity index (χ3n) is 7.38. The molecule has 7 aromatic rings. The molecule has 268 valence electrons. The van der Waals surface area contributed by atoms with Gasteiger partial charge in [-0.25, -0.2) is 28.7 Å². The highest BCUT2D eigenvalue weighted by Gasteiger charge is 2.23. The molecule has 0 spiro atoms. The van der Waals surface area contributed by atoms with E-state index < -0.39 is 23.7 Å². The highest BCUT2D eigenvalue weighted by Crippen LogP contribution is 2.30. The van der Waals surface area contributed by atoms with E-state index in [9.17, 15) is 8.78 Å². The van der Waals surface area contributed by atoms with Gasteiger partial charge in [-0.15, -0.1) is 0 Å². The van der Waals surface area contributed by atoms with Gasteiger partial charge in [-0.05, 0) is 66.9 Å². The molecule has 2 N–H and O–H groups in total. The molecule has 0 fully saturated rings. The maximum atomic E-state index is 14.6. The monoisotopic (exact) mass is 792 g/mol. The normalized spacial score (nSPS) is 12.0. The lowest BCUT2D eigenvalue weighted by atomic mass is 10.0. The molecule has 11 nitrogen and oxygen atoms in total. The first-order valence-electron chi connectivity index (χ1n) is 15.6. The molecule has 17 heteroatoms. The van der Waals surface area contributed by atoms with Crippen LogP contribution in [-0.4, -0.2) is 40.0 Å². The van der Waals surface area contributed by atoms with Gasteiger partial charge >= 0.3 is 0 Å². The van der Waals surface area contributed by atoms with Gasteiger partial charge in [0.15, 0.2) is 5.82 Å². The van der Waals surface area contributed by atoms with Crippen molar-refractivity contribution in [2.45, 2.75) is 25.9 Å². The Morgan fingerprint density at radius 3 is 1.40 bits per heavy atom. The Balaban J connectivity index is 0.000000185. The number of hydrogen-bond acceptors (Lipinski definition) is 11. The van der Waals surface area contributed by atoms with Gasteiger partial charge in [-0.2, -0.15) is 4.98 Å². The Bertz CT molecular complexity index is 2300. The van der Waals surface area contributed by atoms with Crippen LogP contribution in [0.2, 0.25) is 20.1 Å². The first-order chi connectivity index (χ1) is 25.5. The summed E-state index contributed by atoms with van der Waals surface area (Å²) in [6.07, 6.45) is 9.21. The summed E-state index contributed by atoms with van der Waals surface area (Å²) in [6.45, 7) is 3.61. The number of nitrogens with one attached hydrogen (secondary N) is 2. The first-order valence-corrected chi connectivity index (χ1v) is 17.1. The van der Waals surface area contributed by atoms with Crippen molar-refractivity contribution < 1.29 is 13.3 Å². The molecule has 0 aliphatic rings. The smallest absolute Gasteiger partial charge is 0.261 e. The van der Waals surface area contributed by atoms with E-state index in [0.29, 0.717) is 33.3 Å². The largest absolute Gasteiger partial charge is 0.342 e. The third-order valence-corrected chi connectivity index (χ3v) is 8.30. The summed E-state index contributed by atoms with van der Waals surface area (Å²) in [5, 5.41) is 11.5. The van der Waals surface area contributed by atoms with Gasteiger partial charge in [-0.1, -0.05) is 75.8 Å². The van der Waals surface area contributed by atoms with Crippen LogP contribution in [0.5, 0.6) is 0 Å².